The maximum absolute atomic E-state index is 12.7. The first-order valence-electron chi connectivity index (χ1n) is 13.7. The third-order valence-electron chi connectivity index (χ3n) is 8.64. The van der Waals surface area contributed by atoms with E-state index in [9.17, 15) is 4.79 Å². The highest BCUT2D eigenvalue weighted by atomic mass is 16.5. The van der Waals surface area contributed by atoms with Crippen LogP contribution in [0.5, 0.6) is 0 Å². The van der Waals surface area contributed by atoms with Crippen molar-refractivity contribution in [3.8, 4) is 0 Å². The van der Waals surface area contributed by atoms with Gasteiger partial charge in [0.25, 0.3) is 0 Å². The number of carbonyl (C=O) groups is 1. The van der Waals surface area contributed by atoms with Crippen molar-refractivity contribution in [1.29, 1.82) is 0 Å². The summed E-state index contributed by atoms with van der Waals surface area (Å²) in [6, 6.07) is 0. The third-order valence-corrected chi connectivity index (χ3v) is 8.64. The molecule has 0 N–H and O–H groups in total. The Bertz CT molecular complexity index is 442. The molecule has 176 valence electrons. The van der Waals surface area contributed by atoms with Crippen LogP contribution in [0.2, 0.25) is 0 Å². The SMILES string of the molecule is CCCCCCCC1CCC(C2CCC(CCCCCCC)(C(=O)OC)CC2)CC1. The van der Waals surface area contributed by atoms with Gasteiger partial charge in [0.15, 0.2) is 0 Å². The van der Waals surface area contributed by atoms with Gasteiger partial charge in [0.05, 0.1) is 12.5 Å². The number of ether oxygens (including phenoxy) is 1. The number of hydrogen-bond acceptors (Lipinski definition) is 2. The molecule has 0 radical (unpaired) electrons. The molecule has 0 atom stereocenters. The van der Waals surface area contributed by atoms with E-state index in [1.807, 2.05) is 0 Å². The Morgan fingerprint density at radius 2 is 1.27 bits per heavy atom. The Labute approximate surface area is 188 Å². The van der Waals surface area contributed by atoms with Crippen LogP contribution in [0, 0.1) is 23.2 Å². The van der Waals surface area contributed by atoms with Crippen molar-refractivity contribution in [3.05, 3.63) is 0 Å². The number of rotatable bonds is 14. The topological polar surface area (TPSA) is 26.3 Å². The lowest BCUT2D eigenvalue weighted by molar-refractivity contribution is -0.156. The molecule has 2 heteroatoms. The summed E-state index contributed by atoms with van der Waals surface area (Å²) in [5.41, 5.74) is -0.160. The summed E-state index contributed by atoms with van der Waals surface area (Å²) in [7, 11) is 1.59. The largest absolute Gasteiger partial charge is 0.469 e. The molecule has 0 aromatic carbocycles. The lowest BCUT2D eigenvalue weighted by atomic mass is 9.63. The second-order valence-corrected chi connectivity index (χ2v) is 10.8. The van der Waals surface area contributed by atoms with Crippen LogP contribution in [0.4, 0.5) is 0 Å². The summed E-state index contributed by atoms with van der Waals surface area (Å²) >= 11 is 0. The average molecular weight is 421 g/mol. The Balaban J connectivity index is 1.70. The summed E-state index contributed by atoms with van der Waals surface area (Å²) in [5, 5.41) is 0. The first-order valence-corrected chi connectivity index (χ1v) is 13.7. The van der Waals surface area contributed by atoms with E-state index in [4.69, 9.17) is 4.74 Å². The van der Waals surface area contributed by atoms with Crippen LogP contribution in [-0.2, 0) is 9.53 Å². The molecule has 2 fully saturated rings. The van der Waals surface area contributed by atoms with Gasteiger partial charge in [-0.3, -0.25) is 4.79 Å². The first kappa shape index (κ1) is 25.7. The maximum atomic E-state index is 12.7. The first-order chi connectivity index (χ1) is 14.6. The Hall–Kier alpha value is -0.530. The molecule has 0 aromatic rings. The normalized spacial score (nSPS) is 29.6. The van der Waals surface area contributed by atoms with E-state index in [0.29, 0.717) is 0 Å². The molecule has 0 spiro atoms. The van der Waals surface area contributed by atoms with Crippen LogP contribution in [0.25, 0.3) is 0 Å². The molecule has 0 unspecified atom stereocenters. The molecule has 2 aliphatic carbocycles. The molecule has 2 aliphatic rings. The molecular formula is C28H52O2. The summed E-state index contributed by atoms with van der Waals surface area (Å²) < 4.78 is 5.29. The van der Waals surface area contributed by atoms with Crippen LogP contribution in [0.15, 0.2) is 0 Å². The van der Waals surface area contributed by atoms with Crippen LogP contribution < -0.4 is 0 Å². The van der Waals surface area contributed by atoms with Crippen molar-refractivity contribution in [2.24, 2.45) is 23.2 Å². The van der Waals surface area contributed by atoms with Crippen LogP contribution >= 0.6 is 0 Å². The minimum atomic E-state index is -0.160. The molecule has 2 rings (SSSR count). The smallest absolute Gasteiger partial charge is 0.311 e. The molecular weight excluding hydrogens is 368 g/mol. The zero-order valence-electron chi connectivity index (χ0n) is 20.7. The van der Waals surface area contributed by atoms with Crippen molar-refractivity contribution in [3.63, 3.8) is 0 Å². The van der Waals surface area contributed by atoms with Crippen molar-refractivity contribution in [1.82, 2.24) is 0 Å². The fraction of sp³-hybridized carbons (Fsp3) is 0.964. The zero-order chi connectivity index (χ0) is 21.7. The van der Waals surface area contributed by atoms with E-state index in [1.54, 1.807) is 7.11 Å². The quantitative estimate of drug-likeness (QED) is 0.207. The molecule has 0 aromatic heterocycles. The summed E-state index contributed by atoms with van der Waals surface area (Å²) in [6.07, 6.45) is 26.6. The van der Waals surface area contributed by atoms with Gasteiger partial charge >= 0.3 is 5.97 Å². The summed E-state index contributed by atoms with van der Waals surface area (Å²) in [4.78, 5) is 12.7. The van der Waals surface area contributed by atoms with Crippen molar-refractivity contribution in [2.75, 3.05) is 7.11 Å². The van der Waals surface area contributed by atoms with E-state index in [0.717, 1.165) is 37.0 Å². The zero-order valence-corrected chi connectivity index (χ0v) is 20.7. The van der Waals surface area contributed by atoms with Gasteiger partial charge in [-0.15, -0.1) is 0 Å². The van der Waals surface area contributed by atoms with E-state index in [2.05, 4.69) is 13.8 Å². The molecule has 0 amide bonds. The van der Waals surface area contributed by atoms with Gasteiger partial charge in [0.1, 0.15) is 0 Å². The third kappa shape index (κ3) is 8.19. The monoisotopic (exact) mass is 420 g/mol. The van der Waals surface area contributed by atoms with E-state index < -0.39 is 0 Å². The highest BCUT2D eigenvalue weighted by Crippen LogP contribution is 2.48. The molecule has 0 bridgehead atoms. The summed E-state index contributed by atoms with van der Waals surface area (Å²) in [6.45, 7) is 4.56. The van der Waals surface area contributed by atoms with E-state index >= 15 is 0 Å². The number of methoxy groups -OCH3 is 1. The van der Waals surface area contributed by atoms with Crippen LogP contribution in [-0.4, -0.2) is 13.1 Å². The Morgan fingerprint density at radius 3 is 1.83 bits per heavy atom. The van der Waals surface area contributed by atoms with Crippen molar-refractivity contribution >= 4 is 5.97 Å². The molecule has 2 saturated carbocycles. The minimum absolute atomic E-state index is 0.0863. The highest BCUT2D eigenvalue weighted by Gasteiger charge is 2.43. The number of hydrogen-bond donors (Lipinski definition) is 0. The Morgan fingerprint density at radius 1 is 0.733 bits per heavy atom. The predicted molar refractivity (Wildman–Crippen MR) is 129 cm³/mol. The average Bonchev–Trinajstić information content (AvgIpc) is 2.79. The predicted octanol–water partition coefficient (Wildman–Crippen LogP) is 8.86. The fourth-order valence-electron chi connectivity index (χ4n) is 6.49. The van der Waals surface area contributed by atoms with Gasteiger partial charge in [0.2, 0.25) is 0 Å². The van der Waals surface area contributed by atoms with Gasteiger partial charge in [-0.1, -0.05) is 97.3 Å². The van der Waals surface area contributed by atoms with Crippen LogP contribution in [0.3, 0.4) is 0 Å². The standard InChI is InChI=1S/C28H52O2/c1-4-6-8-10-12-14-24-15-17-25(18-16-24)26-19-22-28(23-20-26,27(29)30-3)21-13-11-9-7-5-2/h24-26H,4-23H2,1-3H3. The fourth-order valence-corrected chi connectivity index (χ4v) is 6.49. The molecule has 2 nitrogen and oxygen atoms in total. The number of esters is 1. The summed E-state index contributed by atoms with van der Waals surface area (Å²) in [5.74, 6) is 2.89. The van der Waals surface area contributed by atoms with E-state index in [-0.39, 0.29) is 11.4 Å². The minimum Gasteiger partial charge on any atom is -0.469 e. The molecule has 0 saturated heterocycles. The van der Waals surface area contributed by atoms with Gasteiger partial charge in [-0.2, -0.15) is 0 Å². The van der Waals surface area contributed by atoms with Crippen molar-refractivity contribution in [2.45, 2.75) is 142 Å². The van der Waals surface area contributed by atoms with Gasteiger partial charge in [-0.25, -0.2) is 0 Å². The molecule has 0 heterocycles. The van der Waals surface area contributed by atoms with Gasteiger partial charge in [-0.05, 0) is 62.7 Å². The molecule has 0 aliphatic heterocycles. The van der Waals surface area contributed by atoms with E-state index in [1.165, 1.54) is 109 Å². The van der Waals surface area contributed by atoms with Crippen LogP contribution in [0.1, 0.15) is 142 Å². The number of unbranched alkanes of at least 4 members (excludes halogenated alkanes) is 8. The number of carbonyl (C=O) groups excluding carboxylic acids is 1. The lowest BCUT2D eigenvalue weighted by Gasteiger charge is -2.42. The van der Waals surface area contributed by atoms with Crippen molar-refractivity contribution < 1.29 is 9.53 Å². The second kappa shape index (κ2) is 14.5. The Kier molecular flexibility index (Phi) is 12.4. The van der Waals surface area contributed by atoms with Gasteiger partial charge in [0, 0.05) is 0 Å². The lowest BCUT2D eigenvalue weighted by Crippen LogP contribution is -2.38. The highest BCUT2D eigenvalue weighted by molar-refractivity contribution is 5.76. The van der Waals surface area contributed by atoms with Gasteiger partial charge < -0.3 is 4.74 Å². The second-order valence-electron chi connectivity index (χ2n) is 10.8. The molecule has 30 heavy (non-hydrogen) atoms. The maximum Gasteiger partial charge on any atom is 0.311 e.